The molecule has 216 valence electrons. The van der Waals surface area contributed by atoms with Crippen LogP contribution in [0.2, 0.25) is 0 Å². The minimum Gasteiger partial charge on any atom is -0.355 e. The highest BCUT2D eigenvalue weighted by Gasteiger charge is 2.37. The van der Waals surface area contributed by atoms with Crippen molar-refractivity contribution in [2.24, 2.45) is 5.92 Å². The number of nitrogens with one attached hydrogen (secondary N) is 2. The summed E-state index contributed by atoms with van der Waals surface area (Å²) in [6, 6.07) is 6.38. The first-order valence-electron chi connectivity index (χ1n) is 14.0. The first kappa shape index (κ1) is 28.2. The van der Waals surface area contributed by atoms with Crippen LogP contribution in [0.4, 0.5) is 4.39 Å². The summed E-state index contributed by atoms with van der Waals surface area (Å²) in [7, 11) is 0. The first-order valence-corrected chi connectivity index (χ1v) is 14.0. The minimum absolute atomic E-state index is 0.0580. The van der Waals surface area contributed by atoms with Crippen LogP contribution in [0.25, 0.3) is 5.65 Å². The van der Waals surface area contributed by atoms with Gasteiger partial charge in [0, 0.05) is 37.4 Å². The molecule has 12 heteroatoms. The minimum atomic E-state index is -0.759. The van der Waals surface area contributed by atoms with Gasteiger partial charge in [0.1, 0.15) is 18.2 Å². The van der Waals surface area contributed by atoms with Gasteiger partial charge in [-0.25, -0.2) is 13.9 Å². The molecule has 0 radical (unpaired) electrons. The fourth-order valence-electron chi connectivity index (χ4n) is 5.37. The van der Waals surface area contributed by atoms with Crippen LogP contribution in [0.1, 0.15) is 59.4 Å². The molecule has 1 saturated heterocycles. The molecule has 2 aliphatic heterocycles. The summed E-state index contributed by atoms with van der Waals surface area (Å²) in [4.78, 5) is 60.6. The van der Waals surface area contributed by atoms with Crippen molar-refractivity contribution in [3.8, 4) is 0 Å². The highest BCUT2D eigenvalue weighted by atomic mass is 19.1. The standard InChI is InChI=1S/C29H34FN7O4/c1-18(2)23-15-35(28(40)20-9-12-37-25(14-20)32-17-33-37)16-26(38)31-10-3-5-19-7-8-22(30)21(13-19)29(41)36-11-4-6-24(36)27(39)34-23/h7-9,12-14,17-18,23-24H,3-6,10-11,15-16H2,1-2H3,(H,31,38)(H,34,39)/t23-,24-/m0/s1. The fraction of sp³-hybridized carbons (Fsp3) is 0.448. The highest BCUT2D eigenvalue weighted by molar-refractivity contribution is 5.99. The molecule has 1 aromatic carbocycles. The topological polar surface area (TPSA) is 129 Å². The molecule has 4 amide bonds. The maximum absolute atomic E-state index is 14.7. The number of nitrogens with zero attached hydrogens (tertiary/aromatic N) is 5. The van der Waals surface area contributed by atoms with Crippen LogP contribution in [0.3, 0.4) is 0 Å². The van der Waals surface area contributed by atoms with E-state index in [0.29, 0.717) is 50.0 Å². The van der Waals surface area contributed by atoms with E-state index < -0.39 is 23.8 Å². The molecule has 0 spiro atoms. The Kier molecular flexibility index (Phi) is 8.27. The number of carbonyl (C=O) groups excluding carboxylic acids is 4. The van der Waals surface area contributed by atoms with E-state index in [0.717, 1.165) is 5.56 Å². The van der Waals surface area contributed by atoms with E-state index in [4.69, 9.17) is 0 Å². The number of aromatic nitrogens is 3. The van der Waals surface area contributed by atoms with Crippen molar-refractivity contribution in [2.45, 2.75) is 51.6 Å². The SMILES string of the molecule is CC(C)[C@@H]1CN(C(=O)c2ccn3ncnc3c2)CC(=O)NCCCc2ccc(F)c(c2)C(=O)N2CCC[C@H]2C(=O)N1. The molecule has 2 atom stereocenters. The van der Waals surface area contributed by atoms with Crippen LogP contribution in [0, 0.1) is 11.7 Å². The van der Waals surface area contributed by atoms with Crippen LogP contribution in [-0.4, -0.2) is 86.3 Å². The maximum atomic E-state index is 14.7. The smallest absolute Gasteiger partial charge is 0.257 e. The number of hydrogen-bond acceptors (Lipinski definition) is 6. The third-order valence-electron chi connectivity index (χ3n) is 7.74. The third kappa shape index (κ3) is 6.21. The van der Waals surface area contributed by atoms with E-state index in [1.54, 1.807) is 24.4 Å². The normalized spacial score (nSPS) is 21.0. The van der Waals surface area contributed by atoms with Gasteiger partial charge in [-0.2, -0.15) is 5.10 Å². The van der Waals surface area contributed by atoms with Crippen molar-refractivity contribution in [3.05, 3.63) is 65.4 Å². The quantitative estimate of drug-likeness (QED) is 0.490. The van der Waals surface area contributed by atoms with E-state index in [1.807, 2.05) is 13.8 Å². The van der Waals surface area contributed by atoms with Crippen LogP contribution < -0.4 is 10.6 Å². The van der Waals surface area contributed by atoms with Gasteiger partial charge in [-0.05, 0) is 61.4 Å². The lowest BCUT2D eigenvalue weighted by Crippen LogP contribution is -2.54. The molecule has 5 rings (SSSR count). The third-order valence-corrected chi connectivity index (χ3v) is 7.74. The monoisotopic (exact) mass is 563 g/mol. The molecule has 41 heavy (non-hydrogen) atoms. The number of carbonyl (C=O) groups is 4. The number of benzene rings is 1. The summed E-state index contributed by atoms with van der Waals surface area (Å²) in [5.74, 6) is -2.32. The number of rotatable bonds is 2. The molecule has 2 aromatic heterocycles. The van der Waals surface area contributed by atoms with Gasteiger partial charge in [0.15, 0.2) is 5.65 Å². The van der Waals surface area contributed by atoms with Crippen LogP contribution >= 0.6 is 0 Å². The molecule has 2 bridgehead atoms. The zero-order chi connectivity index (χ0) is 29.1. The second-order valence-corrected chi connectivity index (χ2v) is 10.9. The molecule has 0 saturated carbocycles. The predicted molar refractivity (Wildman–Crippen MR) is 147 cm³/mol. The molecular weight excluding hydrogens is 529 g/mol. The zero-order valence-electron chi connectivity index (χ0n) is 23.2. The lowest BCUT2D eigenvalue weighted by Gasteiger charge is -2.32. The Balaban J connectivity index is 1.45. The second-order valence-electron chi connectivity index (χ2n) is 10.9. The Hall–Kier alpha value is -4.35. The lowest BCUT2D eigenvalue weighted by molar-refractivity contribution is -0.126. The summed E-state index contributed by atoms with van der Waals surface area (Å²) < 4.78 is 16.3. The lowest BCUT2D eigenvalue weighted by atomic mass is 10.0. The first-order chi connectivity index (χ1) is 19.7. The molecule has 2 aliphatic rings. The van der Waals surface area contributed by atoms with Gasteiger partial charge in [-0.3, -0.25) is 19.2 Å². The van der Waals surface area contributed by atoms with Gasteiger partial charge < -0.3 is 20.4 Å². The molecule has 3 aromatic rings. The number of fused-ring (bicyclic) bond motifs is 4. The summed E-state index contributed by atoms with van der Waals surface area (Å²) in [6.07, 6.45) is 5.16. The molecule has 1 fully saturated rings. The Morgan fingerprint density at radius 2 is 1.95 bits per heavy atom. The number of amides is 4. The molecule has 0 aliphatic carbocycles. The van der Waals surface area contributed by atoms with Gasteiger partial charge in [0.25, 0.3) is 11.8 Å². The predicted octanol–water partition coefficient (Wildman–Crippen LogP) is 1.82. The van der Waals surface area contributed by atoms with Crippen molar-refractivity contribution in [1.29, 1.82) is 0 Å². The largest absolute Gasteiger partial charge is 0.355 e. The van der Waals surface area contributed by atoms with Gasteiger partial charge in [0.2, 0.25) is 11.8 Å². The molecule has 4 heterocycles. The van der Waals surface area contributed by atoms with Crippen molar-refractivity contribution < 1.29 is 23.6 Å². The van der Waals surface area contributed by atoms with Gasteiger partial charge in [0.05, 0.1) is 12.1 Å². The molecule has 11 nitrogen and oxygen atoms in total. The van der Waals surface area contributed by atoms with Crippen molar-refractivity contribution in [1.82, 2.24) is 35.0 Å². The second kappa shape index (κ2) is 12.0. The number of aryl methyl sites for hydroxylation is 1. The molecule has 0 unspecified atom stereocenters. The Morgan fingerprint density at radius 1 is 1.12 bits per heavy atom. The molecular formula is C29H34FN7O4. The van der Waals surface area contributed by atoms with E-state index >= 15 is 0 Å². The Bertz CT molecular complexity index is 1470. The van der Waals surface area contributed by atoms with Crippen LogP contribution in [0.5, 0.6) is 0 Å². The van der Waals surface area contributed by atoms with Crippen molar-refractivity contribution >= 4 is 29.3 Å². The zero-order valence-corrected chi connectivity index (χ0v) is 23.2. The van der Waals surface area contributed by atoms with E-state index in [2.05, 4.69) is 20.7 Å². The Morgan fingerprint density at radius 3 is 2.76 bits per heavy atom. The van der Waals surface area contributed by atoms with E-state index in [1.165, 1.54) is 32.8 Å². The van der Waals surface area contributed by atoms with Gasteiger partial charge in [-0.15, -0.1) is 0 Å². The summed E-state index contributed by atoms with van der Waals surface area (Å²) in [5.41, 5.74) is 1.53. The summed E-state index contributed by atoms with van der Waals surface area (Å²) >= 11 is 0. The van der Waals surface area contributed by atoms with Crippen LogP contribution in [-0.2, 0) is 16.0 Å². The highest BCUT2D eigenvalue weighted by Crippen LogP contribution is 2.23. The maximum Gasteiger partial charge on any atom is 0.257 e. The number of hydrogen-bond donors (Lipinski definition) is 2. The summed E-state index contributed by atoms with van der Waals surface area (Å²) in [6.45, 7) is 4.38. The average Bonchev–Trinajstić information content (AvgIpc) is 3.63. The Labute approximate surface area is 237 Å². The van der Waals surface area contributed by atoms with Crippen molar-refractivity contribution in [3.63, 3.8) is 0 Å². The number of halogens is 1. The summed E-state index contributed by atoms with van der Waals surface area (Å²) in [5, 5.41) is 9.94. The van der Waals surface area contributed by atoms with E-state index in [9.17, 15) is 23.6 Å². The van der Waals surface area contributed by atoms with Gasteiger partial charge >= 0.3 is 0 Å². The van der Waals surface area contributed by atoms with E-state index in [-0.39, 0.29) is 42.3 Å². The van der Waals surface area contributed by atoms with Gasteiger partial charge in [-0.1, -0.05) is 19.9 Å². The fourth-order valence-corrected chi connectivity index (χ4v) is 5.37. The molecule has 2 N–H and O–H groups in total. The van der Waals surface area contributed by atoms with Crippen LogP contribution in [0.15, 0.2) is 42.9 Å². The van der Waals surface area contributed by atoms with Crippen molar-refractivity contribution in [2.75, 3.05) is 26.2 Å². The average molecular weight is 564 g/mol. The number of pyridine rings is 1.